The molecule has 0 heterocycles. The van der Waals surface area contributed by atoms with Gasteiger partial charge in [0.15, 0.2) is 5.60 Å². The Morgan fingerprint density at radius 2 is 1.22 bits per heavy atom. The van der Waals surface area contributed by atoms with Crippen molar-refractivity contribution in [3.05, 3.63) is 0 Å². The molecular weight excluding hydrogens is 307 g/mol. The van der Waals surface area contributed by atoms with E-state index in [0.29, 0.717) is 0 Å². The van der Waals surface area contributed by atoms with Crippen LogP contribution in [0.15, 0.2) is 0 Å². The van der Waals surface area contributed by atoms with E-state index < -0.39 is 36.1 Å². The van der Waals surface area contributed by atoms with Gasteiger partial charge >= 0.3 is 18.5 Å². The molecule has 0 aromatic rings. The fourth-order valence-corrected chi connectivity index (χ4v) is 0.968. The van der Waals surface area contributed by atoms with Crippen molar-refractivity contribution in [3.63, 3.8) is 0 Å². The minimum absolute atomic E-state index is 0.00444. The zero-order valence-corrected chi connectivity index (χ0v) is 9.23. The van der Waals surface area contributed by atoms with E-state index in [0.717, 1.165) is 0 Å². The van der Waals surface area contributed by atoms with Gasteiger partial charge in [-0.3, -0.25) is 0 Å². The van der Waals surface area contributed by atoms with Crippen LogP contribution in [0.3, 0.4) is 0 Å². The van der Waals surface area contributed by atoms with Gasteiger partial charge in [0.2, 0.25) is 6.10 Å². The van der Waals surface area contributed by atoms with Crippen LogP contribution in [0.25, 0.3) is 0 Å². The zero-order valence-electron chi connectivity index (χ0n) is 8.47. The molecule has 0 saturated heterocycles. The Hall–Kier alpha value is -0.380. The second kappa shape index (κ2) is 4.95. The molecule has 0 aliphatic rings. The van der Waals surface area contributed by atoms with E-state index in [1.54, 1.807) is 0 Å². The maximum Gasteiger partial charge on any atom is 0.423 e. The first-order chi connectivity index (χ1) is 7.65. The summed E-state index contributed by atoms with van der Waals surface area (Å²) in [6.45, 7) is 0.00444. The quantitative estimate of drug-likeness (QED) is 0.564. The topological polar surface area (TPSA) is 9.23 Å². The lowest BCUT2D eigenvalue weighted by Gasteiger charge is -2.35. The molecule has 0 amide bonds. The number of hydrogen-bond donors (Lipinski definition) is 0. The highest BCUT2D eigenvalue weighted by Crippen LogP contribution is 2.43. The summed E-state index contributed by atoms with van der Waals surface area (Å²) in [5.74, 6) is -1.61. The fourth-order valence-electron chi connectivity index (χ4n) is 0.753. The number of hydrogen-bond acceptors (Lipinski definition) is 1. The van der Waals surface area contributed by atoms with Crippen LogP contribution in [0.1, 0.15) is 6.92 Å². The molecule has 1 nitrogen and oxygen atoms in total. The molecule has 0 rings (SSSR count). The molecule has 0 spiro atoms. The van der Waals surface area contributed by atoms with Crippen molar-refractivity contribution in [3.8, 4) is 0 Å². The first-order valence-electron chi connectivity index (χ1n) is 4.09. The lowest BCUT2D eigenvalue weighted by molar-refractivity contribution is -0.373. The maximum atomic E-state index is 12.3. The molecule has 0 aromatic heterocycles. The average Bonchev–Trinajstić information content (AvgIpc) is 2.08. The highest BCUT2D eigenvalue weighted by molar-refractivity contribution is 6.18. The third-order valence-electron chi connectivity index (χ3n) is 1.83. The van der Waals surface area contributed by atoms with Crippen LogP contribution in [-0.2, 0) is 4.74 Å². The maximum absolute atomic E-state index is 12.3. The molecule has 0 radical (unpaired) electrons. The lowest BCUT2D eigenvalue weighted by atomic mass is 10.1. The van der Waals surface area contributed by atoms with Crippen LogP contribution in [-0.4, -0.2) is 36.1 Å². The summed E-state index contributed by atoms with van der Waals surface area (Å²) < 4.78 is 112. The van der Waals surface area contributed by atoms with Gasteiger partial charge in [-0.05, 0) is 6.92 Å². The number of ether oxygens (including phenoxy) is 1. The van der Waals surface area contributed by atoms with Crippen LogP contribution in [0.2, 0.25) is 0 Å². The molecule has 0 aliphatic heterocycles. The van der Waals surface area contributed by atoms with Crippen molar-refractivity contribution in [1.82, 2.24) is 0 Å². The number of alkyl halides is 10. The molecule has 0 bridgehead atoms. The predicted octanol–water partition coefficient (Wildman–Crippen LogP) is 4.06. The standard InChI is InChI=1S/C7H6ClF9O/c1-4(2-8,7(15,16)17)18-3(5(9,10)11)6(12,13)14/h3H,2H2,1H3. The highest BCUT2D eigenvalue weighted by Gasteiger charge is 2.64. The third-order valence-corrected chi connectivity index (χ3v) is 2.34. The van der Waals surface area contributed by atoms with Gasteiger partial charge in [0.25, 0.3) is 0 Å². The van der Waals surface area contributed by atoms with E-state index in [1.165, 1.54) is 0 Å². The van der Waals surface area contributed by atoms with E-state index in [2.05, 4.69) is 4.74 Å². The summed E-state index contributed by atoms with van der Waals surface area (Å²) in [6.07, 6.45) is -22.1. The first-order valence-corrected chi connectivity index (χ1v) is 4.62. The van der Waals surface area contributed by atoms with Crippen molar-refractivity contribution in [2.24, 2.45) is 0 Å². The second-order valence-corrected chi connectivity index (χ2v) is 3.71. The first kappa shape index (κ1) is 17.6. The van der Waals surface area contributed by atoms with E-state index in [9.17, 15) is 39.5 Å². The minimum Gasteiger partial charge on any atom is -0.344 e. The minimum atomic E-state index is -6.03. The Kier molecular flexibility index (Phi) is 4.85. The summed E-state index contributed by atoms with van der Waals surface area (Å²) in [5, 5.41) is 0. The van der Waals surface area contributed by atoms with E-state index in [-0.39, 0.29) is 6.92 Å². The highest BCUT2D eigenvalue weighted by atomic mass is 35.5. The van der Waals surface area contributed by atoms with Crippen molar-refractivity contribution < 1.29 is 44.3 Å². The third kappa shape index (κ3) is 4.08. The molecular formula is C7H6ClF9O. The van der Waals surface area contributed by atoms with Gasteiger partial charge < -0.3 is 4.74 Å². The second-order valence-electron chi connectivity index (χ2n) is 3.44. The molecule has 1 atom stereocenters. The van der Waals surface area contributed by atoms with Crippen LogP contribution in [0.4, 0.5) is 39.5 Å². The van der Waals surface area contributed by atoms with Crippen LogP contribution in [0, 0.1) is 0 Å². The molecule has 0 aromatic carbocycles. The van der Waals surface area contributed by atoms with Crippen molar-refractivity contribution in [2.75, 3.05) is 5.88 Å². The normalized spacial score (nSPS) is 18.0. The Balaban J connectivity index is 5.35. The van der Waals surface area contributed by atoms with Gasteiger partial charge in [0.05, 0.1) is 5.88 Å². The lowest BCUT2D eigenvalue weighted by Crippen LogP contribution is -2.56. The predicted molar refractivity (Wildman–Crippen MR) is 42.2 cm³/mol. The van der Waals surface area contributed by atoms with Gasteiger partial charge in [-0.25, -0.2) is 0 Å². The summed E-state index contributed by atoms with van der Waals surface area (Å²) in [7, 11) is 0. The summed E-state index contributed by atoms with van der Waals surface area (Å²) >= 11 is 4.76. The van der Waals surface area contributed by atoms with Gasteiger partial charge in [-0.15, -0.1) is 11.6 Å². The molecule has 18 heavy (non-hydrogen) atoms. The molecule has 110 valence electrons. The molecule has 11 heteroatoms. The Morgan fingerprint density at radius 1 is 0.889 bits per heavy atom. The summed E-state index contributed by atoms with van der Waals surface area (Å²) in [5.41, 5.74) is -3.76. The Bertz CT molecular complexity index is 266. The monoisotopic (exact) mass is 312 g/mol. The van der Waals surface area contributed by atoms with E-state index >= 15 is 0 Å². The molecule has 0 N–H and O–H groups in total. The van der Waals surface area contributed by atoms with Gasteiger partial charge in [0.1, 0.15) is 0 Å². The van der Waals surface area contributed by atoms with Crippen LogP contribution < -0.4 is 0 Å². The van der Waals surface area contributed by atoms with Crippen molar-refractivity contribution >= 4 is 11.6 Å². The van der Waals surface area contributed by atoms with Gasteiger partial charge in [-0.1, -0.05) is 0 Å². The summed E-state index contributed by atoms with van der Waals surface area (Å²) in [6, 6.07) is 0. The number of rotatable bonds is 3. The molecule has 0 fully saturated rings. The van der Waals surface area contributed by atoms with E-state index in [4.69, 9.17) is 11.6 Å². The van der Waals surface area contributed by atoms with Crippen LogP contribution in [0.5, 0.6) is 0 Å². The Morgan fingerprint density at radius 3 is 1.39 bits per heavy atom. The fraction of sp³-hybridized carbons (Fsp3) is 1.00. The smallest absolute Gasteiger partial charge is 0.344 e. The largest absolute Gasteiger partial charge is 0.423 e. The average molecular weight is 313 g/mol. The molecule has 0 aliphatic carbocycles. The van der Waals surface area contributed by atoms with Gasteiger partial charge in [-0.2, -0.15) is 39.5 Å². The SMILES string of the molecule is CC(CCl)(OC(C(F)(F)F)C(F)(F)F)C(F)(F)F. The summed E-state index contributed by atoms with van der Waals surface area (Å²) in [4.78, 5) is 0. The van der Waals surface area contributed by atoms with Crippen molar-refractivity contribution in [1.29, 1.82) is 0 Å². The molecule has 0 saturated carbocycles. The van der Waals surface area contributed by atoms with Crippen molar-refractivity contribution in [2.45, 2.75) is 37.2 Å². The number of halogens is 10. The van der Waals surface area contributed by atoms with Crippen LogP contribution >= 0.6 is 11.6 Å². The van der Waals surface area contributed by atoms with Gasteiger partial charge in [0, 0.05) is 0 Å². The Labute approximate surface area is 99.8 Å². The van der Waals surface area contributed by atoms with E-state index in [1.807, 2.05) is 0 Å². The molecule has 1 unspecified atom stereocenters. The zero-order chi connectivity index (χ0) is 15.0.